The molecule has 12 heteroatoms. The van der Waals surface area contributed by atoms with Crippen LogP contribution in [-0.2, 0) is 14.3 Å². The third-order valence-electron chi connectivity index (χ3n) is 12.1. The Morgan fingerprint density at radius 1 is 0.951 bits per heavy atom. The summed E-state index contributed by atoms with van der Waals surface area (Å²) in [4.78, 5) is 58.9. The van der Waals surface area contributed by atoms with Crippen molar-refractivity contribution in [2.24, 2.45) is 28.7 Å². The molecule has 6 rings (SSSR count). The molecule has 0 bridgehead atoms. The highest BCUT2D eigenvalue weighted by atomic mass is 16.5. The van der Waals surface area contributed by atoms with Gasteiger partial charge in [-0.1, -0.05) is 77.8 Å². The molecule has 324 valence electrons. The molecule has 1 aliphatic carbocycles. The predicted molar refractivity (Wildman–Crippen MR) is 243 cm³/mol. The Morgan fingerprint density at radius 2 is 1.69 bits per heavy atom. The van der Waals surface area contributed by atoms with Crippen molar-refractivity contribution in [1.82, 2.24) is 14.5 Å². The van der Waals surface area contributed by atoms with Crippen molar-refractivity contribution in [3.05, 3.63) is 99.7 Å². The van der Waals surface area contributed by atoms with Crippen LogP contribution in [0.1, 0.15) is 103 Å². The van der Waals surface area contributed by atoms with E-state index in [0.29, 0.717) is 48.7 Å². The third kappa shape index (κ3) is 10.2. The molecule has 1 amide bonds. The summed E-state index contributed by atoms with van der Waals surface area (Å²) >= 11 is 0. The highest BCUT2D eigenvalue weighted by Gasteiger charge is 2.41. The van der Waals surface area contributed by atoms with Crippen LogP contribution in [0.25, 0.3) is 11.1 Å². The van der Waals surface area contributed by atoms with Gasteiger partial charge in [0, 0.05) is 23.7 Å². The molecular weight excluding hydrogens is 769 g/mol. The summed E-state index contributed by atoms with van der Waals surface area (Å²) in [5, 5.41) is 2.81. The molecule has 4 aromatic rings. The zero-order valence-corrected chi connectivity index (χ0v) is 37.3. The Bertz CT molecular complexity index is 2310. The molecule has 1 N–H and O–H groups in total. The van der Waals surface area contributed by atoms with Crippen molar-refractivity contribution in [1.29, 1.82) is 0 Å². The number of carbonyl (C=O) groups excluding carboxylic acids is 2. The van der Waals surface area contributed by atoms with Gasteiger partial charge in [-0.25, -0.2) is 19.1 Å². The van der Waals surface area contributed by atoms with Gasteiger partial charge < -0.3 is 19.1 Å². The van der Waals surface area contributed by atoms with Gasteiger partial charge in [0.1, 0.15) is 29.8 Å². The summed E-state index contributed by atoms with van der Waals surface area (Å²) in [5.74, 6) is 1.33. The number of anilines is 2. The fourth-order valence-electron chi connectivity index (χ4n) is 8.89. The Kier molecular flexibility index (Phi) is 14.8. The molecule has 1 aliphatic heterocycles. The van der Waals surface area contributed by atoms with Crippen LogP contribution in [0.15, 0.2) is 76.5 Å². The van der Waals surface area contributed by atoms with Crippen molar-refractivity contribution in [2.75, 3.05) is 37.0 Å². The van der Waals surface area contributed by atoms with Crippen LogP contribution < -0.4 is 25.4 Å². The van der Waals surface area contributed by atoms with Gasteiger partial charge >= 0.3 is 11.7 Å². The summed E-state index contributed by atoms with van der Waals surface area (Å²) in [6, 6.07) is 21.2. The Hall–Kier alpha value is -5.78. The SMILES string of the molecule is CCCCC(CC)C(=O)Nc1nc2n(c(=O)n1)C(=Nc1ccc(N(CC)CCOc3ccc(OC)c(C)c3)cc1C)C(c1ccccc1)=C2C(=O)OC1C(C)CC(C)CC1C. The van der Waals surface area contributed by atoms with Crippen LogP contribution in [0.5, 0.6) is 11.5 Å². The number of unbranched alkanes of at least 4 members (excludes halogenated alkanes) is 1. The monoisotopic (exact) mass is 830 g/mol. The van der Waals surface area contributed by atoms with Gasteiger partial charge in [-0.3, -0.25) is 10.1 Å². The number of ether oxygens (including phenoxy) is 3. The van der Waals surface area contributed by atoms with Gasteiger partial charge in [0.2, 0.25) is 11.9 Å². The minimum absolute atomic E-state index is 0.0301. The van der Waals surface area contributed by atoms with Crippen molar-refractivity contribution < 1.29 is 23.8 Å². The number of hydrogen-bond acceptors (Lipinski definition) is 10. The van der Waals surface area contributed by atoms with Crippen LogP contribution in [0.3, 0.4) is 0 Å². The molecule has 1 saturated carbocycles. The fourth-order valence-corrected chi connectivity index (χ4v) is 8.89. The lowest BCUT2D eigenvalue weighted by molar-refractivity contribution is -0.150. The maximum atomic E-state index is 14.8. The van der Waals surface area contributed by atoms with E-state index >= 15 is 0 Å². The van der Waals surface area contributed by atoms with E-state index in [0.717, 1.165) is 60.5 Å². The molecule has 3 unspecified atom stereocenters. The molecular formula is C49H62N6O6. The van der Waals surface area contributed by atoms with E-state index in [1.165, 1.54) is 4.57 Å². The van der Waals surface area contributed by atoms with Crippen molar-refractivity contribution in [2.45, 2.75) is 100 Å². The maximum Gasteiger partial charge on any atom is 0.358 e. The lowest BCUT2D eigenvalue weighted by Gasteiger charge is -2.37. The van der Waals surface area contributed by atoms with E-state index in [-0.39, 0.29) is 52.9 Å². The first-order chi connectivity index (χ1) is 29.4. The summed E-state index contributed by atoms with van der Waals surface area (Å²) in [6.07, 6.45) is 4.72. The number of aliphatic imine (C=N–C) groups is 1. The zero-order valence-electron chi connectivity index (χ0n) is 37.3. The Morgan fingerprint density at radius 3 is 2.33 bits per heavy atom. The second-order valence-corrected chi connectivity index (χ2v) is 16.7. The molecule has 2 heterocycles. The molecule has 12 nitrogen and oxygen atoms in total. The minimum atomic E-state index is -0.719. The average molecular weight is 831 g/mol. The van der Waals surface area contributed by atoms with Gasteiger partial charge in [-0.05, 0) is 117 Å². The number of fused-ring (bicyclic) bond motifs is 1. The lowest BCUT2D eigenvalue weighted by Crippen LogP contribution is -2.38. The summed E-state index contributed by atoms with van der Waals surface area (Å²) in [7, 11) is 1.66. The number of allylic oxidation sites excluding steroid dienone is 1. The number of benzene rings is 3. The number of hydrogen-bond donors (Lipinski definition) is 1. The topological polar surface area (TPSA) is 137 Å². The lowest BCUT2D eigenvalue weighted by atomic mass is 9.75. The summed E-state index contributed by atoms with van der Waals surface area (Å²) in [5.41, 5.74) is 3.90. The van der Waals surface area contributed by atoms with Crippen LogP contribution in [-0.4, -0.2) is 65.2 Å². The van der Waals surface area contributed by atoms with Crippen LogP contribution in [0.2, 0.25) is 0 Å². The Labute approximate surface area is 360 Å². The fraction of sp³-hybridized carbons (Fsp3) is 0.469. The minimum Gasteiger partial charge on any atom is -0.496 e. The van der Waals surface area contributed by atoms with Gasteiger partial charge in [0.05, 0.1) is 19.3 Å². The van der Waals surface area contributed by atoms with Crippen LogP contribution in [0.4, 0.5) is 17.3 Å². The Balaban J connectivity index is 1.41. The number of nitrogens with one attached hydrogen (secondary N) is 1. The number of nitrogens with zero attached hydrogens (tertiary/aromatic N) is 5. The predicted octanol–water partition coefficient (Wildman–Crippen LogP) is 9.44. The van der Waals surface area contributed by atoms with Crippen molar-refractivity contribution in [3.8, 4) is 11.5 Å². The van der Waals surface area contributed by atoms with Gasteiger partial charge in [-0.15, -0.1) is 0 Å². The normalized spacial score (nSPS) is 19.7. The first kappa shape index (κ1) is 44.8. The number of methoxy groups -OCH3 is 1. The number of rotatable bonds is 17. The molecule has 3 atom stereocenters. The number of esters is 1. The highest BCUT2D eigenvalue weighted by molar-refractivity contribution is 6.43. The molecule has 0 spiro atoms. The van der Waals surface area contributed by atoms with Gasteiger partial charge in [0.15, 0.2) is 11.7 Å². The molecule has 1 aromatic heterocycles. The smallest absolute Gasteiger partial charge is 0.358 e. The van der Waals surface area contributed by atoms with E-state index in [4.69, 9.17) is 24.2 Å². The third-order valence-corrected chi connectivity index (χ3v) is 12.1. The van der Waals surface area contributed by atoms with Crippen molar-refractivity contribution >= 4 is 46.2 Å². The number of carbonyl (C=O) groups is 2. The van der Waals surface area contributed by atoms with E-state index in [2.05, 4.69) is 55.9 Å². The van der Waals surface area contributed by atoms with Crippen molar-refractivity contribution in [3.63, 3.8) is 0 Å². The molecule has 2 aliphatic rings. The zero-order chi connectivity index (χ0) is 43.8. The number of likely N-dealkylation sites (N-methyl/N-ethyl adjacent to an activating group) is 1. The number of amides is 1. The average Bonchev–Trinajstić information content (AvgIpc) is 3.56. The molecule has 1 fully saturated rings. The molecule has 3 aromatic carbocycles. The highest BCUT2D eigenvalue weighted by Crippen LogP contribution is 2.40. The van der Waals surface area contributed by atoms with Crippen LogP contribution in [0, 0.1) is 37.5 Å². The van der Waals surface area contributed by atoms with Crippen LogP contribution >= 0.6 is 0 Å². The quantitative estimate of drug-likeness (QED) is 0.103. The van der Waals surface area contributed by atoms with E-state index in [1.54, 1.807) is 7.11 Å². The van der Waals surface area contributed by atoms with Gasteiger partial charge in [0.25, 0.3) is 0 Å². The first-order valence-corrected chi connectivity index (χ1v) is 21.9. The molecule has 61 heavy (non-hydrogen) atoms. The summed E-state index contributed by atoms with van der Waals surface area (Å²) < 4.78 is 19.2. The molecule has 0 saturated heterocycles. The first-order valence-electron chi connectivity index (χ1n) is 21.9. The second-order valence-electron chi connectivity index (χ2n) is 16.7. The standard InChI is InChI=1S/C49H62N6O6/c1-10-13-17-35(11-2)46(56)52-48-51-45-42(47(57)61-43-33(7)26-30(4)27-34(43)8)41(36-18-15-14-16-19-36)44(55(45)49(58)53-48)50-39-22-20-37(28-31(39)5)54(12-3)24-25-60-38-21-23-40(59-9)32(6)29-38/h14-16,18-23,28-30,33-35,43H,10-13,17,24-27H2,1-9H3,(H,52,53,56,58). The number of aryl methyl sites for hydroxylation is 2. The largest absolute Gasteiger partial charge is 0.496 e. The van der Waals surface area contributed by atoms with E-state index in [9.17, 15) is 14.4 Å². The second kappa shape index (κ2) is 20.2. The molecule has 0 radical (unpaired) electrons. The van der Waals surface area contributed by atoms with E-state index in [1.807, 2.05) is 81.4 Å². The maximum absolute atomic E-state index is 14.8. The van der Waals surface area contributed by atoms with E-state index < -0.39 is 11.7 Å². The summed E-state index contributed by atoms with van der Waals surface area (Å²) in [6.45, 7) is 18.4. The van der Waals surface area contributed by atoms with Gasteiger partial charge in [-0.2, -0.15) is 9.97 Å². The number of aromatic nitrogens is 3.